The third kappa shape index (κ3) is 4.24. The molecule has 1 amide bonds. The zero-order valence-electron chi connectivity index (χ0n) is 17.6. The first-order chi connectivity index (χ1) is 16.0. The van der Waals surface area contributed by atoms with Gasteiger partial charge in [-0.3, -0.25) is 14.8 Å². The second-order valence-corrected chi connectivity index (χ2v) is 7.04. The monoisotopic (exact) mass is 442 g/mol. The summed E-state index contributed by atoms with van der Waals surface area (Å²) in [4.78, 5) is 29.9. The molecule has 0 unspecified atom stereocenters. The maximum atomic E-state index is 14.1. The number of carbonyl (C=O) groups is 1. The summed E-state index contributed by atoms with van der Waals surface area (Å²) in [5.74, 6) is -0.463. The van der Waals surface area contributed by atoms with Gasteiger partial charge in [0.25, 0.3) is 5.91 Å². The van der Waals surface area contributed by atoms with Crippen LogP contribution in [-0.2, 0) is 6.42 Å². The number of nitrogens with two attached hydrogens (primary N) is 1. The molecule has 0 spiro atoms. The van der Waals surface area contributed by atoms with E-state index in [-0.39, 0.29) is 17.3 Å². The number of benzene rings is 1. The highest BCUT2D eigenvalue weighted by atomic mass is 19.1. The Bertz CT molecular complexity index is 1390. The van der Waals surface area contributed by atoms with Gasteiger partial charge < -0.3 is 16.4 Å². The molecular formula is C23H19FN8O. The number of nitrogens with zero attached hydrogens (tertiary/aromatic N) is 5. The van der Waals surface area contributed by atoms with Crippen molar-refractivity contribution in [2.75, 3.05) is 24.6 Å². The minimum Gasteiger partial charge on any atom is -0.382 e. The van der Waals surface area contributed by atoms with Crippen LogP contribution in [0.5, 0.6) is 0 Å². The van der Waals surface area contributed by atoms with E-state index in [0.717, 1.165) is 0 Å². The number of amides is 1. The van der Waals surface area contributed by atoms with E-state index in [1.54, 1.807) is 24.4 Å². The van der Waals surface area contributed by atoms with Crippen LogP contribution in [-0.4, -0.2) is 39.4 Å². The lowest BCUT2D eigenvalue weighted by Gasteiger charge is -2.17. The van der Waals surface area contributed by atoms with Gasteiger partial charge in [-0.15, -0.1) is 0 Å². The van der Waals surface area contributed by atoms with Gasteiger partial charge in [0.05, 0.1) is 22.5 Å². The topological polar surface area (TPSA) is 142 Å². The van der Waals surface area contributed by atoms with E-state index >= 15 is 0 Å². The quantitative estimate of drug-likeness (QED) is 0.414. The Balaban J connectivity index is 1.82. The molecule has 0 atom stereocenters. The molecule has 0 aliphatic rings. The Labute approximate surface area is 188 Å². The first kappa shape index (κ1) is 21.6. The number of hydrogen-bond donors (Lipinski definition) is 3. The number of pyridine rings is 2. The SMILES string of the molecule is CNC(=O)c1c(-c2ccccn2)c(CCNc2ncnc(N)c2C#N)nc2ccc(F)cc12. The van der Waals surface area contributed by atoms with Crippen molar-refractivity contribution in [1.82, 2.24) is 25.3 Å². The fourth-order valence-corrected chi connectivity index (χ4v) is 3.56. The summed E-state index contributed by atoms with van der Waals surface area (Å²) in [5.41, 5.74) is 8.30. The Morgan fingerprint density at radius 3 is 2.79 bits per heavy atom. The number of nitrogen functional groups attached to an aromatic ring is 1. The van der Waals surface area contributed by atoms with Gasteiger partial charge in [-0.2, -0.15) is 5.26 Å². The van der Waals surface area contributed by atoms with Crippen molar-refractivity contribution in [1.29, 1.82) is 5.26 Å². The number of nitrogens with one attached hydrogen (secondary N) is 2. The maximum Gasteiger partial charge on any atom is 0.252 e. The van der Waals surface area contributed by atoms with Gasteiger partial charge >= 0.3 is 0 Å². The highest BCUT2D eigenvalue weighted by Crippen LogP contribution is 2.32. The molecule has 33 heavy (non-hydrogen) atoms. The van der Waals surface area contributed by atoms with Gasteiger partial charge in [0, 0.05) is 37.2 Å². The number of nitriles is 1. The molecule has 4 rings (SSSR count). The van der Waals surface area contributed by atoms with E-state index in [4.69, 9.17) is 10.7 Å². The van der Waals surface area contributed by atoms with Gasteiger partial charge in [0.15, 0.2) is 0 Å². The average Bonchev–Trinajstić information content (AvgIpc) is 2.83. The Kier molecular flexibility index (Phi) is 6.04. The lowest BCUT2D eigenvalue weighted by molar-refractivity contribution is 0.0965. The molecule has 0 saturated carbocycles. The van der Waals surface area contributed by atoms with Crippen LogP contribution in [0.4, 0.5) is 16.0 Å². The summed E-state index contributed by atoms with van der Waals surface area (Å²) in [6, 6.07) is 11.5. The molecule has 3 heterocycles. The van der Waals surface area contributed by atoms with Crippen LogP contribution in [0.2, 0.25) is 0 Å². The summed E-state index contributed by atoms with van der Waals surface area (Å²) >= 11 is 0. The zero-order valence-corrected chi connectivity index (χ0v) is 17.6. The average molecular weight is 442 g/mol. The number of rotatable bonds is 6. The van der Waals surface area contributed by atoms with Crippen molar-refractivity contribution < 1.29 is 9.18 Å². The second-order valence-electron chi connectivity index (χ2n) is 7.04. The minimum atomic E-state index is -0.471. The number of anilines is 2. The van der Waals surface area contributed by atoms with Gasteiger partial charge in [0.2, 0.25) is 0 Å². The van der Waals surface area contributed by atoms with Crippen LogP contribution < -0.4 is 16.4 Å². The molecule has 0 radical (unpaired) electrons. The molecule has 4 N–H and O–H groups in total. The molecule has 164 valence electrons. The molecule has 9 nitrogen and oxygen atoms in total. The van der Waals surface area contributed by atoms with Crippen molar-refractivity contribution in [2.45, 2.75) is 6.42 Å². The van der Waals surface area contributed by atoms with E-state index in [1.165, 1.54) is 31.6 Å². The number of hydrogen-bond acceptors (Lipinski definition) is 8. The molecular weight excluding hydrogens is 423 g/mol. The number of fused-ring (bicyclic) bond motifs is 1. The van der Waals surface area contributed by atoms with Crippen molar-refractivity contribution in [3.05, 3.63) is 71.6 Å². The first-order valence-electron chi connectivity index (χ1n) is 10.0. The van der Waals surface area contributed by atoms with E-state index in [1.807, 2.05) is 6.07 Å². The van der Waals surface area contributed by atoms with Gasteiger partial charge in [-0.25, -0.2) is 14.4 Å². The summed E-state index contributed by atoms with van der Waals surface area (Å²) in [7, 11) is 1.51. The predicted octanol–water partition coefficient (Wildman–Crippen LogP) is 2.69. The standard InChI is InChI=1S/C23H19FN8O/c1-27-23(33)19-14-10-13(24)5-6-16(14)32-18(20(19)17-4-2-3-8-28-17)7-9-29-22-15(11-25)21(26)30-12-31-22/h2-6,8,10,12H,7,9H2,1H3,(H,27,33)(H3,26,29,30,31). The van der Waals surface area contributed by atoms with Crippen LogP contribution in [0.3, 0.4) is 0 Å². The molecule has 10 heteroatoms. The Hall–Kier alpha value is -4.65. The number of aromatic nitrogens is 4. The summed E-state index contributed by atoms with van der Waals surface area (Å²) < 4.78 is 14.1. The fraction of sp³-hybridized carbons (Fsp3) is 0.130. The lowest BCUT2D eigenvalue weighted by atomic mass is 9.95. The molecule has 0 saturated heterocycles. The second kappa shape index (κ2) is 9.23. The van der Waals surface area contributed by atoms with Gasteiger partial charge in [-0.1, -0.05) is 6.07 Å². The molecule has 0 aliphatic carbocycles. The molecule has 1 aromatic carbocycles. The van der Waals surface area contributed by atoms with Crippen LogP contribution in [0.15, 0.2) is 48.9 Å². The van der Waals surface area contributed by atoms with Crippen LogP contribution in [0.1, 0.15) is 21.6 Å². The fourth-order valence-electron chi connectivity index (χ4n) is 3.56. The van der Waals surface area contributed by atoms with Crippen LogP contribution in [0.25, 0.3) is 22.2 Å². The number of carbonyl (C=O) groups excluding carboxylic acids is 1. The van der Waals surface area contributed by atoms with Crippen molar-refractivity contribution in [3.63, 3.8) is 0 Å². The Morgan fingerprint density at radius 2 is 2.06 bits per heavy atom. The third-order valence-electron chi connectivity index (χ3n) is 5.04. The minimum absolute atomic E-state index is 0.0805. The highest BCUT2D eigenvalue weighted by Gasteiger charge is 2.22. The van der Waals surface area contributed by atoms with Crippen molar-refractivity contribution in [3.8, 4) is 17.3 Å². The largest absolute Gasteiger partial charge is 0.382 e. The van der Waals surface area contributed by atoms with Crippen molar-refractivity contribution in [2.24, 2.45) is 0 Å². The van der Waals surface area contributed by atoms with E-state index in [0.29, 0.717) is 52.2 Å². The number of halogens is 1. The van der Waals surface area contributed by atoms with Crippen LogP contribution in [0, 0.1) is 17.1 Å². The van der Waals surface area contributed by atoms with Gasteiger partial charge in [0.1, 0.15) is 35.4 Å². The summed E-state index contributed by atoms with van der Waals surface area (Å²) in [6.07, 6.45) is 3.24. The van der Waals surface area contributed by atoms with Gasteiger partial charge in [-0.05, 0) is 30.3 Å². The van der Waals surface area contributed by atoms with Crippen molar-refractivity contribution >= 4 is 28.4 Å². The predicted molar refractivity (Wildman–Crippen MR) is 122 cm³/mol. The molecule has 0 aliphatic heterocycles. The van der Waals surface area contributed by atoms with E-state index < -0.39 is 5.82 Å². The van der Waals surface area contributed by atoms with Crippen LogP contribution >= 0.6 is 0 Å². The summed E-state index contributed by atoms with van der Waals surface area (Å²) in [5, 5.41) is 15.4. The Morgan fingerprint density at radius 1 is 1.21 bits per heavy atom. The summed E-state index contributed by atoms with van der Waals surface area (Å²) in [6.45, 7) is 0.331. The van der Waals surface area contributed by atoms with E-state index in [2.05, 4.69) is 25.6 Å². The molecule has 3 aromatic heterocycles. The molecule has 0 fully saturated rings. The lowest BCUT2D eigenvalue weighted by Crippen LogP contribution is -2.21. The smallest absolute Gasteiger partial charge is 0.252 e. The third-order valence-corrected chi connectivity index (χ3v) is 5.04. The first-order valence-corrected chi connectivity index (χ1v) is 10.0. The maximum absolute atomic E-state index is 14.1. The molecule has 0 bridgehead atoms. The van der Waals surface area contributed by atoms with E-state index in [9.17, 15) is 14.4 Å². The normalized spacial score (nSPS) is 10.6. The molecule has 4 aromatic rings. The zero-order chi connectivity index (χ0) is 23.4. The highest BCUT2D eigenvalue weighted by molar-refractivity contribution is 6.11.